The van der Waals surface area contributed by atoms with Gasteiger partial charge in [-0.05, 0) is 31.9 Å². The maximum absolute atomic E-state index is 13.0. The Labute approximate surface area is 169 Å². The molecule has 150 valence electrons. The molecular weight excluding hydrogens is 379 g/mol. The summed E-state index contributed by atoms with van der Waals surface area (Å²) in [4.78, 5) is 14.2. The molecule has 2 rings (SSSR count). The van der Waals surface area contributed by atoms with Gasteiger partial charge in [-0.3, -0.25) is 4.57 Å². The molecule has 1 aliphatic carbocycles. The Morgan fingerprint density at radius 3 is 2.48 bits per heavy atom. The molecule has 27 heavy (non-hydrogen) atoms. The molecule has 0 aromatic heterocycles. The van der Waals surface area contributed by atoms with Gasteiger partial charge >= 0.3 is 5.97 Å². The van der Waals surface area contributed by atoms with Crippen LogP contribution >= 0.6 is 20.2 Å². The van der Waals surface area contributed by atoms with Gasteiger partial charge in [0.15, 0.2) is 14.1 Å². The highest BCUT2D eigenvalue weighted by atomic mass is 32.2. The molecule has 0 amide bonds. The predicted octanol–water partition coefficient (Wildman–Crippen LogP) is 5.61. The second-order valence-corrected chi connectivity index (χ2v) is 8.63. The van der Waals surface area contributed by atoms with Crippen LogP contribution < -0.4 is 0 Å². The highest BCUT2D eigenvalue weighted by Gasteiger charge is 2.51. The predicted molar refractivity (Wildman–Crippen MR) is 111 cm³/mol. The van der Waals surface area contributed by atoms with Gasteiger partial charge in [0.2, 0.25) is 0 Å². The van der Waals surface area contributed by atoms with Crippen molar-refractivity contribution in [2.45, 2.75) is 56.4 Å². The van der Waals surface area contributed by atoms with E-state index < -0.39 is 5.60 Å². The number of hydrogen-bond acceptors (Lipinski definition) is 5. The van der Waals surface area contributed by atoms with Crippen LogP contribution in [0.15, 0.2) is 35.2 Å². The van der Waals surface area contributed by atoms with Crippen molar-refractivity contribution in [3.63, 3.8) is 0 Å². The number of ether oxygens (including phenoxy) is 2. The first kappa shape index (κ1) is 22.4. The summed E-state index contributed by atoms with van der Waals surface area (Å²) in [7, 11) is -0.0796. The second kappa shape index (κ2) is 11.8. The van der Waals surface area contributed by atoms with E-state index in [1.165, 1.54) is 24.2 Å². The van der Waals surface area contributed by atoms with E-state index in [9.17, 15) is 9.36 Å². The molecule has 1 saturated carbocycles. The van der Waals surface area contributed by atoms with Crippen LogP contribution in [0, 0.1) is 11.8 Å². The summed E-state index contributed by atoms with van der Waals surface area (Å²) in [5.41, 5.74) is -1.14. The highest BCUT2D eigenvalue weighted by molar-refractivity contribution is 7.99. The van der Waals surface area contributed by atoms with Gasteiger partial charge in [-0.15, -0.1) is 11.8 Å². The highest BCUT2D eigenvalue weighted by Crippen LogP contribution is 2.42. The van der Waals surface area contributed by atoms with E-state index in [2.05, 4.69) is 12.1 Å². The summed E-state index contributed by atoms with van der Waals surface area (Å²) in [5.74, 6) is 0.749. The van der Waals surface area contributed by atoms with Crippen molar-refractivity contribution < 1.29 is 18.8 Å². The average Bonchev–Trinajstić information content (AvgIpc) is 2.70. The minimum absolute atomic E-state index is 0.0246. The molecule has 0 N–H and O–H groups in total. The minimum Gasteiger partial charge on any atom is -0.464 e. The van der Waals surface area contributed by atoms with Gasteiger partial charge in [0, 0.05) is 23.2 Å². The lowest BCUT2D eigenvalue weighted by atomic mass is 9.73. The SMILES string of the molecule is CCOC(=O)C(CP=O)(OCC)C(CSc1ccccc1)C1CCCCC1. The van der Waals surface area contributed by atoms with Gasteiger partial charge in [0.25, 0.3) is 0 Å². The zero-order valence-corrected chi connectivity index (χ0v) is 18.1. The molecule has 4 nitrogen and oxygen atoms in total. The molecule has 6 heteroatoms. The Morgan fingerprint density at radius 2 is 1.89 bits per heavy atom. The molecule has 2 unspecified atom stereocenters. The van der Waals surface area contributed by atoms with Crippen molar-refractivity contribution >= 4 is 26.2 Å². The maximum Gasteiger partial charge on any atom is 0.339 e. The zero-order chi connectivity index (χ0) is 19.5. The van der Waals surface area contributed by atoms with Gasteiger partial charge in [-0.1, -0.05) is 50.3 Å². The normalized spacial score (nSPS) is 18.7. The van der Waals surface area contributed by atoms with Crippen molar-refractivity contribution in [1.82, 2.24) is 0 Å². The topological polar surface area (TPSA) is 52.6 Å². The molecule has 0 saturated heterocycles. The van der Waals surface area contributed by atoms with Crippen molar-refractivity contribution in [2.75, 3.05) is 25.1 Å². The number of thioether (sulfide) groups is 1. The van der Waals surface area contributed by atoms with Crippen LogP contribution in [0.25, 0.3) is 0 Å². The summed E-state index contributed by atoms with van der Waals surface area (Å²) < 4.78 is 23.2. The van der Waals surface area contributed by atoms with Crippen LogP contribution in [-0.2, 0) is 18.8 Å². The molecule has 1 aromatic carbocycles. The minimum atomic E-state index is -1.14. The fraction of sp³-hybridized carbons (Fsp3) is 0.667. The van der Waals surface area contributed by atoms with E-state index in [0.29, 0.717) is 19.1 Å². The third kappa shape index (κ3) is 6.04. The van der Waals surface area contributed by atoms with Gasteiger partial charge in [-0.2, -0.15) is 0 Å². The average molecular weight is 411 g/mol. The Bertz CT molecular complexity index is 577. The molecule has 2 atom stereocenters. The second-order valence-electron chi connectivity index (χ2n) is 6.96. The number of rotatable bonds is 11. The van der Waals surface area contributed by atoms with Crippen LogP contribution in [0.1, 0.15) is 46.0 Å². The number of esters is 1. The molecule has 0 bridgehead atoms. The number of benzene rings is 1. The smallest absolute Gasteiger partial charge is 0.339 e. The Morgan fingerprint density at radius 1 is 1.19 bits per heavy atom. The molecule has 0 radical (unpaired) electrons. The lowest BCUT2D eigenvalue weighted by Gasteiger charge is -2.42. The van der Waals surface area contributed by atoms with Crippen molar-refractivity contribution in [3.8, 4) is 0 Å². The van der Waals surface area contributed by atoms with Crippen molar-refractivity contribution in [1.29, 1.82) is 0 Å². The van der Waals surface area contributed by atoms with E-state index in [0.717, 1.165) is 18.6 Å². The Balaban J connectivity index is 2.34. The molecule has 1 fully saturated rings. The van der Waals surface area contributed by atoms with E-state index in [1.54, 1.807) is 18.7 Å². The Kier molecular flexibility index (Phi) is 9.81. The summed E-state index contributed by atoms with van der Waals surface area (Å²) in [6, 6.07) is 10.2. The lowest BCUT2D eigenvalue weighted by molar-refractivity contribution is -0.178. The first-order chi connectivity index (χ1) is 13.2. The lowest BCUT2D eigenvalue weighted by Crippen LogP contribution is -2.55. The largest absolute Gasteiger partial charge is 0.464 e. The molecular formula is C21H31O4PS. The fourth-order valence-electron chi connectivity index (χ4n) is 4.04. The zero-order valence-electron chi connectivity index (χ0n) is 16.4. The summed E-state index contributed by atoms with van der Waals surface area (Å²) in [5, 5.41) is 0. The van der Waals surface area contributed by atoms with E-state index in [1.807, 2.05) is 25.1 Å². The Hall–Kier alpha value is -0.900. The summed E-state index contributed by atoms with van der Waals surface area (Å²) in [6.45, 7) is 4.38. The first-order valence-electron chi connectivity index (χ1n) is 9.96. The third-order valence-electron chi connectivity index (χ3n) is 5.31. The molecule has 0 aliphatic heterocycles. The van der Waals surface area contributed by atoms with E-state index in [4.69, 9.17) is 9.47 Å². The van der Waals surface area contributed by atoms with Gasteiger partial charge in [-0.25, -0.2) is 4.79 Å². The van der Waals surface area contributed by atoms with E-state index in [-0.39, 0.29) is 26.5 Å². The van der Waals surface area contributed by atoms with Crippen LogP contribution in [0.5, 0.6) is 0 Å². The summed E-state index contributed by atoms with van der Waals surface area (Å²) in [6.07, 6.45) is 5.93. The van der Waals surface area contributed by atoms with Gasteiger partial charge in [0.1, 0.15) is 0 Å². The fourth-order valence-corrected chi connectivity index (χ4v) is 5.95. The number of carbonyl (C=O) groups is 1. The molecule has 0 spiro atoms. The van der Waals surface area contributed by atoms with Crippen LogP contribution in [0.2, 0.25) is 0 Å². The van der Waals surface area contributed by atoms with Crippen LogP contribution in [-0.4, -0.2) is 36.7 Å². The maximum atomic E-state index is 13.0. The number of carbonyl (C=O) groups excluding carboxylic acids is 1. The molecule has 1 aromatic rings. The van der Waals surface area contributed by atoms with Crippen molar-refractivity contribution in [3.05, 3.63) is 30.3 Å². The van der Waals surface area contributed by atoms with Gasteiger partial charge in [0.05, 0.1) is 12.8 Å². The van der Waals surface area contributed by atoms with Crippen LogP contribution in [0.4, 0.5) is 0 Å². The molecule has 0 heterocycles. The third-order valence-corrected chi connectivity index (χ3v) is 7.04. The van der Waals surface area contributed by atoms with Crippen LogP contribution in [0.3, 0.4) is 0 Å². The standard InChI is InChI=1S/C21H31O4PS/c1-3-24-20(22)21(16-26-23,25-4-2)19(17-11-7-5-8-12-17)15-27-18-13-9-6-10-14-18/h6,9-10,13-14,17,19H,3-5,7-8,11-12,15-16H2,1-2H3. The first-order valence-corrected chi connectivity index (χ1v) is 11.9. The summed E-state index contributed by atoms with van der Waals surface area (Å²) >= 11 is 1.74. The molecule has 1 aliphatic rings. The number of hydrogen-bond donors (Lipinski definition) is 0. The van der Waals surface area contributed by atoms with Crippen molar-refractivity contribution in [2.24, 2.45) is 11.8 Å². The monoisotopic (exact) mass is 410 g/mol. The van der Waals surface area contributed by atoms with E-state index >= 15 is 0 Å². The van der Waals surface area contributed by atoms with Gasteiger partial charge < -0.3 is 9.47 Å². The quantitative estimate of drug-likeness (QED) is 0.270.